The molecule has 0 spiro atoms. The monoisotopic (exact) mass is 485 g/mol. The average Bonchev–Trinajstić information content (AvgIpc) is 3.38. The number of furan rings is 1. The summed E-state index contributed by atoms with van der Waals surface area (Å²) in [5.41, 5.74) is 5.07. The van der Waals surface area contributed by atoms with Crippen LogP contribution in [-0.4, -0.2) is 0 Å². The van der Waals surface area contributed by atoms with Crippen molar-refractivity contribution in [2.75, 3.05) is 4.90 Å². The molecule has 8 aromatic rings. The van der Waals surface area contributed by atoms with Gasteiger partial charge in [-0.15, -0.1) is 0 Å². The maximum Gasteiger partial charge on any atom is 0.160 e. The molecule has 0 saturated heterocycles. The molecule has 7 aromatic carbocycles. The van der Waals surface area contributed by atoms with Crippen LogP contribution in [0.15, 0.2) is 144 Å². The topological polar surface area (TPSA) is 16.4 Å². The quantitative estimate of drug-likeness (QED) is 0.247. The molecule has 2 nitrogen and oxygen atoms in total. The van der Waals surface area contributed by atoms with Crippen LogP contribution in [0.2, 0.25) is 0 Å². The highest BCUT2D eigenvalue weighted by atomic mass is 16.3. The van der Waals surface area contributed by atoms with Crippen molar-refractivity contribution in [1.29, 1.82) is 0 Å². The van der Waals surface area contributed by atoms with Crippen LogP contribution in [0.1, 0.15) is 0 Å². The first kappa shape index (κ1) is 21.0. The molecule has 0 aliphatic carbocycles. The zero-order valence-electron chi connectivity index (χ0n) is 20.6. The SMILES string of the molecule is c1ccc2c(N(c3cccc4ccccc34)c3cc4ccccc4c4c3oc3ccccc34)cccc2c1. The fraction of sp³-hybridized carbons (Fsp3) is 0. The normalized spacial score (nSPS) is 11.7. The van der Waals surface area contributed by atoms with E-state index in [2.05, 4.69) is 138 Å². The lowest BCUT2D eigenvalue weighted by molar-refractivity contribution is 0.669. The van der Waals surface area contributed by atoms with Crippen LogP contribution in [-0.2, 0) is 0 Å². The van der Waals surface area contributed by atoms with Crippen molar-refractivity contribution in [3.8, 4) is 0 Å². The van der Waals surface area contributed by atoms with Gasteiger partial charge in [0.15, 0.2) is 5.58 Å². The van der Waals surface area contributed by atoms with Crippen LogP contribution in [0.3, 0.4) is 0 Å². The summed E-state index contributed by atoms with van der Waals surface area (Å²) in [5, 5.41) is 9.48. The molecule has 38 heavy (non-hydrogen) atoms. The van der Waals surface area contributed by atoms with Crippen molar-refractivity contribution >= 4 is 71.3 Å². The number of nitrogens with zero attached hydrogens (tertiary/aromatic N) is 1. The summed E-state index contributed by atoms with van der Waals surface area (Å²) in [6.45, 7) is 0. The van der Waals surface area contributed by atoms with E-state index in [4.69, 9.17) is 4.42 Å². The van der Waals surface area contributed by atoms with Crippen molar-refractivity contribution in [2.24, 2.45) is 0 Å². The van der Waals surface area contributed by atoms with Crippen molar-refractivity contribution in [1.82, 2.24) is 0 Å². The zero-order chi connectivity index (χ0) is 25.1. The van der Waals surface area contributed by atoms with Crippen LogP contribution in [0.4, 0.5) is 17.1 Å². The van der Waals surface area contributed by atoms with E-state index in [1.54, 1.807) is 0 Å². The maximum atomic E-state index is 6.70. The average molecular weight is 486 g/mol. The Kier molecular flexibility index (Phi) is 4.55. The third-order valence-corrected chi connectivity index (χ3v) is 7.61. The van der Waals surface area contributed by atoms with Crippen molar-refractivity contribution in [3.63, 3.8) is 0 Å². The zero-order valence-corrected chi connectivity index (χ0v) is 20.6. The molecule has 0 radical (unpaired) electrons. The molecular weight excluding hydrogens is 462 g/mol. The molecule has 0 bridgehead atoms. The maximum absolute atomic E-state index is 6.70. The van der Waals surface area contributed by atoms with Gasteiger partial charge in [-0.05, 0) is 45.8 Å². The molecule has 0 aliphatic heterocycles. The van der Waals surface area contributed by atoms with Gasteiger partial charge in [0.1, 0.15) is 5.58 Å². The smallest absolute Gasteiger partial charge is 0.160 e. The Morgan fingerprint density at radius 2 is 0.895 bits per heavy atom. The third kappa shape index (κ3) is 3.07. The fourth-order valence-electron chi connectivity index (χ4n) is 5.92. The molecule has 8 rings (SSSR count). The summed E-state index contributed by atoms with van der Waals surface area (Å²) in [6, 6.07) is 49.5. The van der Waals surface area contributed by atoms with Gasteiger partial charge in [-0.3, -0.25) is 0 Å². The number of anilines is 3. The van der Waals surface area contributed by atoms with Gasteiger partial charge in [-0.1, -0.05) is 115 Å². The summed E-state index contributed by atoms with van der Waals surface area (Å²) in [6.07, 6.45) is 0. The highest BCUT2D eigenvalue weighted by Crippen LogP contribution is 2.48. The first-order chi connectivity index (χ1) is 18.9. The molecule has 0 saturated carbocycles. The number of para-hydroxylation sites is 1. The minimum absolute atomic E-state index is 0.894. The Morgan fingerprint density at radius 3 is 1.55 bits per heavy atom. The van der Waals surface area contributed by atoms with Gasteiger partial charge in [0.25, 0.3) is 0 Å². The molecule has 1 heterocycles. The second-order valence-electron chi connectivity index (χ2n) is 9.75. The molecule has 1 aromatic heterocycles. The molecule has 0 amide bonds. The van der Waals surface area contributed by atoms with Gasteiger partial charge < -0.3 is 9.32 Å². The van der Waals surface area contributed by atoms with Gasteiger partial charge in [0.05, 0.1) is 17.1 Å². The van der Waals surface area contributed by atoms with Crippen molar-refractivity contribution in [2.45, 2.75) is 0 Å². The Labute approximate surface area is 220 Å². The minimum Gasteiger partial charge on any atom is -0.454 e. The molecule has 0 atom stereocenters. The largest absolute Gasteiger partial charge is 0.454 e. The highest BCUT2D eigenvalue weighted by molar-refractivity contribution is 6.23. The van der Waals surface area contributed by atoms with Gasteiger partial charge in [0.2, 0.25) is 0 Å². The Balaban J connectivity index is 1.57. The number of hydrogen-bond acceptors (Lipinski definition) is 2. The number of benzene rings is 7. The van der Waals surface area contributed by atoms with Gasteiger partial charge in [-0.25, -0.2) is 0 Å². The summed E-state index contributed by atoms with van der Waals surface area (Å²) >= 11 is 0. The van der Waals surface area contributed by atoms with Crippen molar-refractivity contribution < 1.29 is 4.42 Å². The summed E-state index contributed by atoms with van der Waals surface area (Å²) in [5.74, 6) is 0. The number of rotatable bonds is 3. The molecule has 0 fully saturated rings. The number of fused-ring (bicyclic) bond motifs is 7. The molecule has 0 N–H and O–H groups in total. The first-order valence-electron chi connectivity index (χ1n) is 13.0. The standard InChI is InChI=1S/C36H23NO/c1-4-16-27-24(11-1)14-9-20-31(27)37(32-21-10-15-25-12-2-5-17-28(25)32)33-23-26-13-3-6-18-29(26)35-30-19-7-8-22-34(30)38-36(33)35/h1-23H. The molecular formula is C36H23NO. The van der Waals surface area contributed by atoms with E-state index < -0.39 is 0 Å². The Hall–Kier alpha value is -5.08. The van der Waals surface area contributed by atoms with E-state index in [-0.39, 0.29) is 0 Å². The van der Waals surface area contributed by atoms with E-state index in [1.165, 1.54) is 32.3 Å². The van der Waals surface area contributed by atoms with Crippen molar-refractivity contribution in [3.05, 3.63) is 140 Å². The Bertz CT molecular complexity index is 2060. The van der Waals surface area contributed by atoms with E-state index in [1.807, 2.05) is 6.07 Å². The van der Waals surface area contributed by atoms with Crippen LogP contribution in [0.25, 0.3) is 54.3 Å². The van der Waals surface area contributed by atoms with E-state index in [9.17, 15) is 0 Å². The van der Waals surface area contributed by atoms with E-state index >= 15 is 0 Å². The third-order valence-electron chi connectivity index (χ3n) is 7.61. The summed E-state index contributed by atoms with van der Waals surface area (Å²) < 4.78 is 6.70. The lowest BCUT2D eigenvalue weighted by Gasteiger charge is -2.28. The van der Waals surface area contributed by atoms with Gasteiger partial charge in [-0.2, -0.15) is 0 Å². The lowest BCUT2D eigenvalue weighted by atomic mass is 10.00. The van der Waals surface area contributed by atoms with E-state index in [0.29, 0.717) is 0 Å². The molecule has 2 heteroatoms. The van der Waals surface area contributed by atoms with Gasteiger partial charge in [0, 0.05) is 21.5 Å². The predicted octanol–water partition coefficient (Wildman–Crippen LogP) is 10.5. The summed E-state index contributed by atoms with van der Waals surface area (Å²) in [4.78, 5) is 2.39. The lowest BCUT2D eigenvalue weighted by Crippen LogP contribution is -2.11. The minimum atomic E-state index is 0.894. The first-order valence-corrected chi connectivity index (χ1v) is 13.0. The fourth-order valence-corrected chi connectivity index (χ4v) is 5.92. The Morgan fingerprint density at radius 1 is 0.395 bits per heavy atom. The highest BCUT2D eigenvalue weighted by Gasteiger charge is 2.23. The second kappa shape index (κ2) is 8.22. The summed E-state index contributed by atoms with van der Waals surface area (Å²) in [7, 11) is 0. The number of hydrogen-bond donors (Lipinski definition) is 0. The second-order valence-corrected chi connectivity index (χ2v) is 9.75. The molecule has 0 aliphatic rings. The predicted molar refractivity (Wildman–Crippen MR) is 161 cm³/mol. The van der Waals surface area contributed by atoms with Gasteiger partial charge >= 0.3 is 0 Å². The van der Waals surface area contributed by atoms with Crippen LogP contribution in [0.5, 0.6) is 0 Å². The van der Waals surface area contributed by atoms with Crippen LogP contribution in [0, 0.1) is 0 Å². The van der Waals surface area contributed by atoms with Crippen LogP contribution < -0.4 is 4.90 Å². The molecule has 178 valence electrons. The molecule has 0 unspecified atom stereocenters. The van der Waals surface area contributed by atoms with E-state index in [0.717, 1.165) is 39.0 Å². The van der Waals surface area contributed by atoms with Crippen LogP contribution >= 0.6 is 0 Å².